The number of rotatable bonds is 5. The van der Waals surface area contributed by atoms with E-state index >= 15 is 0 Å². The molecule has 3 nitrogen and oxygen atoms in total. The van der Waals surface area contributed by atoms with E-state index in [0.29, 0.717) is 5.92 Å². The molecule has 1 amide bonds. The normalized spacial score (nSPS) is 22.6. The lowest BCUT2D eigenvalue weighted by Gasteiger charge is -2.27. The Bertz CT molecular complexity index is 238. The first-order chi connectivity index (χ1) is 7.75. The predicted molar refractivity (Wildman–Crippen MR) is 72.4 cm³/mol. The molecule has 1 atom stereocenters. The zero-order valence-electron chi connectivity index (χ0n) is 10.7. The molecule has 1 heterocycles. The highest BCUT2D eigenvalue weighted by Gasteiger charge is 2.24. The predicted octanol–water partition coefficient (Wildman–Crippen LogP) is 1.96. The maximum atomic E-state index is 11.7. The number of hydrogen-bond acceptors (Lipinski definition) is 2. The second-order valence-corrected chi connectivity index (χ2v) is 5.52. The van der Waals surface area contributed by atoms with Crippen molar-refractivity contribution in [3.05, 3.63) is 0 Å². The minimum absolute atomic E-state index is 0. The van der Waals surface area contributed by atoms with Gasteiger partial charge < -0.3 is 10.6 Å². The van der Waals surface area contributed by atoms with Crippen molar-refractivity contribution in [1.82, 2.24) is 10.6 Å². The minimum Gasteiger partial charge on any atom is -0.356 e. The van der Waals surface area contributed by atoms with Crippen molar-refractivity contribution >= 4 is 18.3 Å². The van der Waals surface area contributed by atoms with Crippen molar-refractivity contribution in [2.24, 2.45) is 17.8 Å². The molecule has 0 radical (unpaired) electrons. The number of nitrogens with one attached hydrogen (secondary N) is 2. The van der Waals surface area contributed by atoms with Gasteiger partial charge in [0.05, 0.1) is 0 Å². The largest absolute Gasteiger partial charge is 0.356 e. The molecule has 0 spiro atoms. The average Bonchev–Trinajstić information content (AvgIpc) is 3.11. The SMILES string of the molecule is CC(CC(=O)NCC1CC1)C1CCNCC1.Cl. The lowest BCUT2D eigenvalue weighted by Crippen LogP contribution is -2.34. The molecule has 17 heavy (non-hydrogen) atoms. The molecular weight excluding hydrogens is 236 g/mol. The van der Waals surface area contributed by atoms with Crippen LogP contribution in [-0.2, 0) is 4.79 Å². The van der Waals surface area contributed by atoms with Crippen molar-refractivity contribution in [3.8, 4) is 0 Å². The lowest BCUT2D eigenvalue weighted by atomic mass is 9.84. The number of carbonyl (C=O) groups is 1. The number of halogens is 1. The Labute approximate surface area is 111 Å². The molecule has 2 N–H and O–H groups in total. The molecule has 1 unspecified atom stereocenters. The van der Waals surface area contributed by atoms with Gasteiger partial charge in [-0.3, -0.25) is 4.79 Å². The van der Waals surface area contributed by atoms with Crippen LogP contribution in [-0.4, -0.2) is 25.5 Å². The first-order valence-corrected chi connectivity index (χ1v) is 6.73. The van der Waals surface area contributed by atoms with E-state index < -0.39 is 0 Å². The maximum Gasteiger partial charge on any atom is 0.220 e. The highest BCUT2D eigenvalue weighted by molar-refractivity contribution is 5.85. The van der Waals surface area contributed by atoms with E-state index in [-0.39, 0.29) is 18.3 Å². The highest BCUT2D eigenvalue weighted by Crippen LogP contribution is 2.28. The molecule has 0 bridgehead atoms. The molecule has 0 aromatic carbocycles. The first kappa shape index (κ1) is 14.8. The van der Waals surface area contributed by atoms with E-state index in [0.717, 1.165) is 37.9 Å². The van der Waals surface area contributed by atoms with E-state index in [9.17, 15) is 4.79 Å². The van der Waals surface area contributed by atoms with Crippen molar-refractivity contribution in [1.29, 1.82) is 0 Å². The monoisotopic (exact) mass is 260 g/mol. The van der Waals surface area contributed by atoms with E-state index in [2.05, 4.69) is 17.6 Å². The number of hydrogen-bond donors (Lipinski definition) is 2. The van der Waals surface area contributed by atoms with Crippen molar-refractivity contribution in [2.45, 2.75) is 39.0 Å². The third-order valence-electron chi connectivity index (χ3n) is 3.98. The third-order valence-corrected chi connectivity index (χ3v) is 3.98. The quantitative estimate of drug-likeness (QED) is 0.794. The number of piperidine rings is 1. The van der Waals surface area contributed by atoms with Crippen molar-refractivity contribution < 1.29 is 4.79 Å². The fourth-order valence-corrected chi connectivity index (χ4v) is 2.52. The molecular formula is C13H25ClN2O. The summed E-state index contributed by atoms with van der Waals surface area (Å²) in [5.41, 5.74) is 0. The summed E-state index contributed by atoms with van der Waals surface area (Å²) in [5.74, 6) is 2.34. The second-order valence-electron chi connectivity index (χ2n) is 5.52. The molecule has 1 saturated heterocycles. The van der Waals surface area contributed by atoms with Gasteiger partial charge in [0.1, 0.15) is 0 Å². The smallest absolute Gasteiger partial charge is 0.220 e. The van der Waals surface area contributed by atoms with Crippen LogP contribution < -0.4 is 10.6 Å². The van der Waals surface area contributed by atoms with Crippen molar-refractivity contribution in [3.63, 3.8) is 0 Å². The van der Waals surface area contributed by atoms with E-state index in [1.165, 1.54) is 25.7 Å². The van der Waals surface area contributed by atoms with Crippen LogP contribution in [0, 0.1) is 17.8 Å². The van der Waals surface area contributed by atoms with Crippen molar-refractivity contribution in [2.75, 3.05) is 19.6 Å². The number of amides is 1. The van der Waals surface area contributed by atoms with Gasteiger partial charge in [-0.2, -0.15) is 0 Å². The summed E-state index contributed by atoms with van der Waals surface area (Å²) in [5, 5.41) is 6.43. The fraction of sp³-hybridized carbons (Fsp3) is 0.923. The summed E-state index contributed by atoms with van der Waals surface area (Å²) in [4.78, 5) is 11.7. The van der Waals surface area contributed by atoms with E-state index in [1.807, 2.05) is 0 Å². The molecule has 2 fully saturated rings. The first-order valence-electron chi connectivity index (χ1n) is 6.73. The zero-order valence-corrected chi connectivity index (χ0v) is 11.5. The summed E-state index contributed by atoms with van der Waals surface area (Å²) in [6.45, 7) is 5.39. The topological polar surface area (TPSA) is 41.1 Å². The van der Waals surface area contributed by atoms with Crippen LogP contribution in [0.25, 0.3) is 0 Å². The second kappa shape index (κ2) is 7.22. The van der Waals surface area contributed by atoms with Crippen LogP contribution in [0.2, 0.25) is 0 Å². The Morgan fingerprint density at radius 2 is 1.94 bits per heavy atom. The Morgan fingerprint density at radius 1 is 1.29 bits per heavy atom. The van der Waals surface area contributed by atoms with Gasteiger partial charge in [0, 0.05) is 13.0 Å². The summed E-state index contributed by atoms with van der Waals surface area (Å²) < 4.78 is 0. The Hall–Kier alpha value is -0.280. The van der Waals surface area contributed by atoms with Gasteiger partial charge >= 0.3 is 0 Å². The van der Waals surface area contributed by atoms with Gasteiger partial charge in [-0.05, 0) is 56.5 Å². The summed E-state index contributed by atoms with van der Waals surface area (Å²) in [6, 6.07) is 0. The van der Waals surface area contributed by atoms with Gasteiger partial charge in [0.25, 0.3) is 0 Å². The number of carbonyl (C=O) groups excluding carboxylic acids is 1. The van der Waals surface area contributed by atoms with Gasteiger partial charge in [-0.15, -0.1) is 12.4 Å². The molecule has 4 heteroatoms. The molecule has 1 aliphatic carbocycles. The minimum atomic E-state index is 0. The van der Waals surface area contributed by atoms with Crippen LogP contribution in [0.15, 0.2) is 0 Å². The van der Waals surface area contributed by atoms with Crippen LogP contribution in [0.1, 0.15) is 39.0 Å². The molecule has 100 valence electrons. The Kier molecular flexibility index (Phi) is 6.28. The van der Waals surface area contributed by atoms with Crippen LogP contribution in [0.3, 0.4) is 0 Å². The lowest BCUT2D eigenvalue weighted by molar-refractivity contribution is -0.122. The maximum absolute atomic E-state index is 11.7. The van der Waals surface area contributed by atoms with Gasteiger partial charge in [0.2, 0.25) is 5.91 Å². The highest BCUT2D eigenvalue weighted by atomic mass is 35.5. The molecule has 0 aromatic rings. The van der Waals surface area contributed by atoms with Crippen LogP contribution >= 0.6 is 12.4 Å². The molecule has 0 aromatic heterocycles. The molecule has 1 saturated carbocycles. The van der Waals surface area contributed by atoms with Gasteiger partial charge in [-0.25, -0.2) is 0 Å². The zero-order chi connectivity index (χ0) is 11.4. The third kappa shape index (κ3) is 5.26. The summed E-state index contributed by atoms with van der Waals surface area (Å²) in [7, 11) is 0. The summed E-state index contributed by atoms with van der Waals surface area (Å²) >= 11 is 0. The van der Waals surface area contributed by atoms with E-state index in [4.69, 9.17) is 0 Å². The fourth-order valence-electron chi connectivity index (χ4n) is 2.52. The van der Waals surface area contributed by atoms with Crippen LogP contribution in [0.4, 0.5) is 0 Å². The molecule has 2 aliphatic rings. The molecule has 1 aliphatic heterocycles. The van der Waals surface area contributed by atoms with Gasteiger partial charge in [-0.1, -0.05) is 6.92 Å². The average molecular weight is 261 g/mol. The van der Waals surface area contributed by atoms with Crippen LogP contribution in [0.5, 0.6) is 0 Å². The van der Waals surface area contributed by atoms with Gasteiger partial charge in [0.15, 0.2) is 0 Å². The Balaban J connectivity index is 0.00000144. The standard InChI is InChI=1S/C13H24N2O.ClH/c1-10(12-4-6-14-7-5-12)8-13(16)15-9-11-2-3-11;/h10-12,14H,2-9H2,1H3,(H,15,16);1H. The molecule has 2 rings (SSSR count). The Morgan fingerprint density at radius 3 is 2.53 bits per heavy atom. The summed E-state index contributed by atoms with van der Waals surface area (Å²) in [6.07, 6.45) is 5.81. The van der Waals surface area contributed by atoms with E-state index in [1.54, 1.807) is 0 Å².